The standard InChI is InChI=1S/C50H54O12/c1-33(2)49(53)59-24-9-7-22-57-45-18-11-36(27-38(45)31-51)13-20-48(52)62-40-15-17-42-41-16-14-39(29-43(41)35(5)44(42)30-40)61-32-56-26-21-37-12-19-46(47(28-37)55-6)58-23-8-10-25-60-50(54)34(3)4/h11-21,26-30,35,51H,1,3,7-10,22-25,31-32H2,2,4-6H3. The van der Waals surface area contributed by atoms with Crippen LogP contribution in [0, 0.1) is 0 Å². The van der Waals surface area contributed by atoms with Crippen LogP contribution < -0.4 is 23.7 Å². The van der Waals surface area contributed by atoms with E-state index in [0.717, 1.165) is 27.8 Å². The maximum absolute atomic E-state index is 12.8. The van der Waals surface area contributed by atoms with Gasteiger partial charge < -0.3 is 43.0 Å². The van der Waals surface area contributed by atoms with Crippen molar-refractivity contribution in [2.24, 2.45) is 0 Å². The molecule has 1 aliphatic rings. The molecular formula is C50H54O12. The van der Waals surface area contributed by atoms with Crippen molar-refractivity contribution in [1.29, 1.82) is 0 Å². The Labute approximate surface area is 363 Å². The van der Waals surface area contributed by atoms with Gasteiger partial charge in [-0.25, -0.2) is 14.4 Å². The maximum atomic E-state index is 12.8. The summed E-state index contributed by atoms with van der Waals surface area (Å²) in [6.07, 6.45) is 9.01. The number of unbranched alkanes of at least 4 members (excludes halogenated alkanes) is 2. The van der Waals surface area contributed by atoms with Crippen molar-refractivity contribution in [3.05, 3.63) is 137 Å². The van der Waals surface area contributed by atoms with Gasteiger partial charge in [-0.1, -0.05) is 44.3 Å². The third-order valence-electron chi connectivity index (χ3n) is 9.75. The number of rotatable bonds is 24. The molecule has 62 heavy (non-hydrogen) atoms. The summed E-state index contributed by atoms with van der Waals surface area (Å²) in [4.78, 5) is 35.8. The van der Waals surface area contributed by atoms with Gasteiger partial charge in [-0.15, -0.1) is 0 Å². The average molecular weight is 847 g/mol. The molecule has 0 saturated heterocycles. The number of esters is 3. The van der Waals surface area contributed by atoms with Gasteiger partial charge in [-0.2, -0.15) is 0 Å². The summed E-state index contributed by atoms with van der Waals surface area (Å²) >= 11 is 0. The molecule has 5 rings (SSSR count). The van der Waals surface area contributed by atoms with E-state index in [0.29, 0.717) is 96.5 Å². The molecule has 0 heterocycles. The normalized spacial score (nSPS) is 12.6. The highest BCUT2D eigenvalue weighted by Crippen LogP contribution is 2.47. The number of fused-ring (bicyclic) bond motifs is 3. The van der Waals surface area contributed by atoms with Crippen molar-refractivity contribution < 1.29 is 57.4 Å². The molecule has 326 valence electrons. The third kappa shape index (κ3) is 13.4. The van der Waals surface area contributed by atoms with E-state index in [1.54, 1.807) is 63.6 Å². The van der Waals surface area contributed by atoms with Crippen LogP contribution in [0.3, 0.4) is 0 Å². The molecule has 0 aliphatic heterocycles. The molecule has 0 aromatic heterocycles. The number of hydrogen-bond donors (Lipinski definition) is 1. The second kappa shape index (κ2) is 23.3. The Bertz CT molecular complexity index is 2290. The molecule has 0 radical (unpaired) electrons. The minimum Gasteiger partial charge on any atom is -0.493 e. The van der Waals surface area contributed by atoms with Gasteiger partial charge in [0, 0.05) is 28.7 Å². The molecule has 4 aromatic rings. The molecule has 0 amide bonds. The Morgan fingerprint density at radius 3 is 1.84 bits per heavy atom. The molecule has 4 aromatic carbocycles. The number of carbonyl (C=O) groups is 3. The fraction of sp³-hybridized carbons (Fsp3) is 0.300. The van der Waals surface area contributed by atoms with E-state index >= 15 is 0 Å². The Kier molecular flexibility index (Phi) is 17.4. The first-order chi connectivity index (χ1) is 30.0. The smallest absolute Gasteiger partial charge is 0.336 e. The molecule has 1 aliphatic carbocycles. The van der Waals surface area contributed by atoms with Gasteiger partial charge in [0.1, 0.15) is 17.2 Å². The molecule has 12 heteroatoms. The van der Waals surface area contributed by atoms with Crippen molar-refractivity contribution >= 4 is 30.1 Å². The van der Waals surface area contributed by atoms with E-state index in [1.165, 1.54) is 6.08 Å². The van der Waals surface area contributed by atoms with Crippen molar-refractivity contribution in [3.8, 4) is 39.9 Å². The number of aliphatic hydroxyl groups excluding tert-OH is 1. The molecule has 1 atom stereocenters. The molecule has 0 saturated carbocycles. The largest absolute Gasteiger partial charge is 0.493 e. The van der Waals surface area contributed by atoms with Crippen LogP contribution in [-0.2, 0) is 35.2 Å². The second-order valence-corrected chi connectivity index (χ2v) is 14.6. The van der Waals surface area contributed by atoms with Crippen LogP contribution in [-0.4, -0.2) is 63.3 Å². The lowest BCUT2D eigenvalue weighted by atomic mass is 9.99. The van der Waals surface area contributed by atoms with Gasteiger partial charge in [0.25, 0.3) is 0 Å². The predicted octanol–water partition coefficient (Wildman–Crippen LogP) is 9.52. The van der Waals surface area contributed by atoms with Gasteiger partial charge in [-0.3, -0.25) is 0 Å². The zero-order valence-electron chi connectivity index (χ0n) is 35.7. The van der Waals surface area contributed by atoms with Crippen LogP contribution in [0.5, 0.6) is 28.7 Å². The predicted molar refractivity (Wildman–Crippen MR) is 236 cm³/mol. The van der Waals surface area contributed by atoms with E-state index in [2.05, 4.69) is 20.1 Å². The number of hydrogen-bond acceptors (Lipinski definition) is 12. The Morgan fingerprint density at radius 2 is 1.23 bits per heavy atom. The van der Waals surface area contributed by atoms with Crippen molar-refractivity contribution in [2.45, 2.75) is 59.0 Å². The lowest BCUT2D eigenvalue weighted by Crippen LogP contribution is -2.08. The van der Waals surface area contributed by atoms with Gasteiger partial charge in [0.05, 0.1) is 46.4 Å². The van der Waals surface area contributed by atoms with E-state index in [9.17, 15) is 19.5 Å². The minimum absolute atomic E-state index is 0.00124. The lowest BCUT2D eigenvalue weighted by Gasteiger charge is -2.12. The monoisotopic (exact) mass is 846 g/mol. The van der Waals surface area contributed by atoms with E-state index in [-0.39, 0.29) is 31.9 Å². The van der Waals surface area contributed by atoms with E-state index in [1.807, 2.05) is 48.5 Å². The number of methoxy groups -OCH3 is 1. The number of ether oxygens (including phenoxy) is 8. The first-order valence-electron chi connectivity index (χ1n) is 20.4. The topological polar surface area (TPSA) is 145 Å². The van der Waals surface area contributed by atoms with Gasteiger partial charge in [-0.05, 0) is 134 Å². The fourth-order valence-electron chi connectivity index (χ4n) is 6.42. The van der Waals surface area contributed by atoms with Crippen LogP contribution in [0.4, 0.5) is 0 Å². The highest BCUT2D eigenvalue weighted by atomic mass is 16.7. The van der Waals surface area contributed by atoms with Crippen molar-refractivity contribution in [3.63, 3.8) is 0 Å². The average Bonchev–Trinajstić information content (AvgIpc) is 3.54. The Morgan fingerprint density at radius 1 is 0.661 bits per heavy atom. The molecule has 12 nitrogen and oxygen atoms in total. The summed E-state index contributed by atoms with van der Waals surface area (Å²) in [6.45, 7) is 13.6. The van der Waals surface area contributed by atoms with E-state index in [4.69, 9.17) is 37.9 Å². The van der Waals surface area contributed by atoms with Crippen LogP contribution in [0.1, 0.15) is 80.2 Å². The lowest BCUT2D eigenvalue weighted by molar-refractivity contribution is -0.139. The maximum Gasteiger partial charge on any atom is 0.336 e. The summed E-state index contributed by atoms with van der Waals surface area (Å²) in [6, 6.07) is 22.4. The summed E-state index contributed by atoms with van der Waals surface area (Å²) in [5, 5.41) is 9.92. The Balaban J connectivity index is 1.06. The Hall–Kier alpha value is -6.79. The van der Waals surface area contributed by atoms with Crippen LogP contribution in [0.25, 0.3) is 23.3 Å². The van der Waals surface area contributed by atoms with Crippen molar-refractivity contribution in [1.82, 2.24) is 0 Å². The fourth-order valence-corrected chi connectivity index (χ4v) is 6.42. The molecule has 0 bridgehead atoms. The van der Waals surface area contributed by atoms with Gasteiger partial charge in [0.2, 0.25) is 6.79 Å². The summed E-state index contributed by atoms with van der Waals surface area (Å²) in [5.74, 6) is 1.52. The SMILES string of the molecule is C=C(C)C(=O)OCCCCOc1ccc(C=CC(=O)Oc2ccc3c(c2)C(C)c2cc(OCOC=Cc4ccc(OCCCCOC(=O)C(=C)C)c(OC)c4)ccc2-3)cc1CO. The highest BCUT2D eigenvalue weighted by molar-refractivity contribution is 5.89. The van der Waals surface area contributed by atoms with Crippen molar-refractivity contribution in [2.75, 3.05) is 40.3 Å². The number of carbonyl (C=O) groups excluding carboxylic acids is 3. The first-order valence-corrected chi connectivity index (χ1v) is 20.4. The minimum atomic E-state index is -0.537. The van der Waals surface area contributed by atoms with E-state index < -0.39 is 11.9 Å². The molecular weight excluding hydrogens is 793 g/mol. The molecule has 0 spiro atoms. The summed E-state index contributed by atoms with van der Waals surface area (Å²) in [7, 11) is 1.58. The first kappa shape index (κ1) is 46.3. The van der Waals surface area contributed by atoms with Gasteiger partial charge in [0.15, 0.2) is 11.5 Å². The number of aliphatic hydroxyl groups is 1. The number of benzene rings is 4. The molecule has 1 N–H and O–H groups in total. The zero-order chi connectivity index (χ0) is 44.4. The van der Waals surface area contributed by atoms with Gasteiger partial charge >= 0.3 is 17.9 Å². The quantitative estimate of drug-likeness (QED) is 0.0179. The third-order valence-corrected chi connectivity index (χ3v) is 9.75. The summed E-state index contributed by atoms with van der Waals surface area (Å²) in [5.41, 5.74) is 7.14. The zero-order valence-corrected chi connectivity index (χ0v) is 35.7. The van der Waals surface area contributed by atoms with Crippen LogP contribution >= 0.6 is 0 Å². The second-order valence-electron chi connectivity index (χ2n) is 14.6. The molecule has 0 fully saturated rings. The van der Waals surface area contributed by atoms with Crippen LogP contribution in [0.15, 0.2) is 109 Å². The van der Waals surface area contributed by atoms with Crippen LogP contribution in [0.2, 0.25) is 0 Å². The highest BCUT2D eigenvalue weighted by Gasteiger charge is 2.26. The molecule has 1 unspecified atom stereocenters. The summed E-state index contributed by atoms with van der Waals surface area (Å²) < 4.78 is 44.6.